The smallest absolute Gasteiger partial charge is 0.330 e. The van der Waals surface area contributed by atoms with Crippen LogP contribution in [-0.2, 0) is 13.1 Å². The van der Waals surface area contributed by atoms with Gasteiger partial charge in [-0.05, 0) is 42.8 Å². The molecule has 0 aliphatic heterocycles. The number of nitrogens with two attached hydrogens (primary N) is 1. The van der Waals surface area contributed by atoms with Crippen molar-refractivity contribution in [1.29, 1.82) is 0 Å². The van der Waals surface area contributed by atoms with Gasteiger partial charge < -0.3 is 14.6 Å². The third-order valence-electron chi connectivity index (χ3n) is 5.31. The zero-order chi connectivity index (χ0) is 24.2. The second kappa shape index (κ2) is 9.88. The molecule has 0 aliphatic rings. The molecule has 0 atom stereocenters. The van der Waals surface area contributed by atoms with Gasteiger partial charge in [0.2, 0.25) is 0 Å². The summed E-state index contributed by atoms with van der Waals surface area (Å²) in [6.07, 6.45) is 2.93. The van der Waals surface area contributed by atoms with Crippen LogP contribution < -0.4 is 21.9 Å². The number of furan rings is 2. The van der Waals surface area contributed by atoms with Gasteiger partial charge in [0.15, 0.2) is 11.4 Å². The van der Waals surface area contributed by atoms with Crippen LogP contribution in [0.25, 0.3) is 11.3 Å². The van der Waals surface area contributed by atoms with Gasteiger partial charge in [0.1, 0.15) is 17.3 Å². The van der Waals surface area contributed by atoms with Gasteiger partial charge >= 0.3 is 5.69 Å². The molecule has 3 aromatic heterocycles. The predicted molar refractivity (Wildman–Crippen MR) is 129 cm³/mol. The number of halogens is 1. The lowest BCUT2D eigenvalue weighted by atomic mass is 10.2. The molecule has 3 heterocycles. The van der Waals surface area contributed by atoms with Gasteiger partial charge in [-0.15, -0.1) is 0 Å². The Hall–Kier alpha value is -3.98. The molecule has 0 bridgehead atoms. The molecule has 0 unspecified atom stereocenters. The summed E-state index contributed by atoms with van der Waals surface area (Å²) in [4.78, 5) is 42.2. The van der Waals surface area contributed by atoms with E-state index in [9.17, 15) is 14.4 Å². The number of aromatic nitrogens is 2. The monoisotopic (exact) mass is 482 g/mol. The Kier molecular flexibility index (Phi) is 6.74. The fourth-order valence-electron chi connectivity index (χ4n) is 3.58. The van der Waals surface area contributed by atoms with E-state index in [1.54, 1.807) is 42.5 Å². The van der Waals surface area contributed by atoms with Crippen molar-refractivity contribution in [3.8, 4) is 11.3 Å². The van der Waals surface area contributed by atoms with Crippen LogP contribution in [-0.4, -0.2) is 15.5 Å². The first kappa shape index (κ1) is 23.2. The van der Waals surface area contributed by atoms with E-state index >= 15 is 0 Å². The van der Waals surface area contributed by atoms with Crippen LogP contribution in [0.2, 0.25) is 5.02 Å². The normalized spacial score (nSPS) is 11.0. The highest BCUT2D eigenvalue weighted by Crippen LogP contribution is 2.30. The SMILES string of the molecule is CCCCn1c(N)c(N(Cc2ccco2)C(=O)c2ccc(-c3ccccc3Cl)o2)c(=O)[nH]c1=O. The number of anilines is 2. The number of nitrogens with one attached hydrogen (secondary N) is 1. The molecule has 4 rings (SSSR count). The van der Waals surface area contributed by atoms with E-state index in [4.69, 9.17) is 26.2 Å². The van der Waals surface area contributed by atoms with Crippen LogP contribution in [0.1, 0.15) is 36.1 Å². The Morgan fingerprint density at radius 1 is 1.15 bits per heavy atom. The average molecular weight is 483 g/mol. The number of rotatable bonds is 8. The van der Waals surface area contributed by atoms with Crippen LogP contribution in [0.5, 0.6) is 0 Å². The van der Waals surface area contributed by atoms with Crippen LogP contribution in [0, 0.1) is 0 Å². The van der Waals surface area contributed by atoms with Crippen LogP contribution in [0.3, 0.4) is 0 Å². The zero-order valence-corrected chi connectivity index (χ0v) is 19.2. The number of amides is 1. The number of carbonyl (C=O) groups is 1. The van der Waals surface area contributed by atoms with E-state index < -0.39 is 17.2 Å². The Bertz CT molecular complexity index is 1420. The van der Waals surface area contributed by atoms with Crippen LogP contribution >= 0.6 is 11.6 Å². The number of aromatic amines is 1. The van der Waals surface area contributed by atoms with Gasteiger partial charge in [0.25, 0.3) is 11.5 Å². The van der Waals surface area contributed by atoms with E-state index in [2.05, 4.69) is 4.98 Å². The van der Waals surface area contributed by atoms with Gasteiger partial charge in [-0.3, -0.25) is 24.0 Å². The molecule has 9 nitrogen and oxygen atoms in total. The standard InChI is InChI=1S/C24H23ClN4O5/c1-2-3-12-28-21(26)20(22(30)27-24(28)32)29(14-15-7-6-13-33-15)23(31)19-11-10-18(34-19)16-8-4-5-9-17(16)25/h4-11,13H,2-3,12,14,26H2,1H3,(H,27,30,32). The highest BCUT2D eigenvalue weighted by Gasteiger charge is 2.28. The predicted octanol–water partition coefficient (Wildman–Crippen LogP) is 4.27. The van der Waals surface area contributed by atoms with Crippen molar-refractivity contribution >= 4 is 29.0 Å². The van der Waals surface area contributed by atoms with E-state index in [1.165, 1.54) is 16.9 Å². The summed E-state index contributed by atoms with van der Waals surface area (Å²) in [5, 5.41) is 0.465. The summed E-state index contributed by atoms with van der Waals surface area (Å²) in [6, 6.07) is 13.5. The number of H-pyrrole nitrogens is 1. The van der Waals surface area contributed by atoms with Gasteiger partial charge in [-0.1, -0.05) is 37.1 Å². The van der Waals surface area contributed by atoms with Crippen molar-refractivity contribution in [3.05, 3.63) is 92.2 Å². The minimum absolute atomic E-state index is 0.0356. The molecule has 0 spiro atoms. The number of hydrogen-bond donors (Lipinski definition) is 2. The van der Waals surface area contributed by atoms with Crippen molar-refractivity contribution in [2.24, 2.45) is 0 Å². The lowest BCUT2D eigenvalue weighted by Gasteiger charge is -2.23. The van der Waals surface area contributed by atoms with Crippen molar-refractivity contribution < 1.29 is 13.6 Å². The number of carbonyl (C=O) groups excluding carboxylic acids is 1. The maximum Gasteiger partial charge on any atom is 0.330 e. The van der Waals surface area contributed by atoms with E-state index in [0.29, 0.717) is 35.1 Å². The highest BCUT2D eigenvalue weighted by atomic mass is 35.5. The summed E-state index contributed by atoms with van der Waals surface area (Å²) in [5.74, 6) is 0.0252. The van der Waals surface area contributed by atoms with Crippen molar-refractivity contribution in [3.63, 3.8) is 0 Å². The van der Waals surface area contributed by atoms with E-state index in [1.807, 2.05) is 6.92 Å². The van der Waals surface area contributed by atoms with Gasteiger partial charge in [0, 0.05) is 12.1 Å². The molecule has 0 radical (unpaired) electrons. The molecule has 0 aliphatic carbocycles. The Morgan fingerprint density at radius 2 is 1.94 bits per heavy atom. The molecule has 0 saturated heterocycles. The van der Waals surface area contributed by atoms with Crippen molar-refractivity contribution in [1.82, 2.24) is 9.55 Å². The molecule has 4 aromatic rings. The van der Waals surface area contributed by atoms with Crippen molar-refractivity contribution in [2.75, 3.05) is 10.6 Å². The summed E-state index contributed by atoms with van der Waals surface area (Å²) >= 11 is 6.25. The van der Waals surface area contributed by atoms with Gasteiger partial charge in [-0.25, -0.2) is 4.79 Å². The fraction of sp³-hybridized carbons (Fsp3) is 0.208. The van der Waals surface area contributed by atoms with Gasteiger partial charge in [-0.2, -0.15) is 0 Å². The van der Waals surface area contributed by atoms with E-state index in [0.717, 1.165) is 11.3 Å². The van der Waals surface area contributed by atoms with Crippen LogP contribution in [0.15, 0.2) is 73.2 Å². The molecule has 1 aromatic carbocycles. The average Bonchev–Trinajstić information content (AvgIpc) is 3.50. The Balaban J connectivity index is 1.79. The number of unbranched alkanes of at least 4 members (excludes halogenated alkanes) is 1. The number of benzene rings is 1. The number of hydrogen-bond acceptors (Lipinski definition) is 6. The molecule has 0 saturated carbocycles. The van der Waals surface area contributed by atoms with Gasteiger partial charge in [0.05, 0.1) is 17.8 Å². The minimum atomic E-state index is -0.784. The maximum atomic E-state index is 13.6. The molecule has 1 amide bonds. The second-order valence-electron chi connectivity index (χ2n) is 7.61. The van der Waals surface area contributed by atoms with Crippen LogP contribution in [0.4, 0.5) is 11.5 Å². The maximum absolute atomic E-state index is 13.6. The quantitative estimate of drug-likeness (QED) is 0.386. The summed E-state index contributed by atoms with van der Waals surface area (Å²) in [6.45, 7) is 2.16. The molecule has 10 heteroatoms. The summed E-state index contributed by atoms with van der Waals surface area (Å²) in [7, 11) is 0. The molecule has 34 heavy (non-hydrogen) atoms. The third kappa shape index (κ3) is 4.55. The molecule has 0 fully saturated rings. The highest BCUT2D eigenvalue weighted by molar-refractivity contribution is 6.33. The lowest BCUT2D eigenvalue weighted by Crippen LogP contribution is -2.40. The Morgan fingerprint density at radius 3 is 2.65 bits per heavy atom. The number of nitrogens with zero attached hydrogens (tertiary/aromatic N) is 2. The topological polar surface area (TPSA) is 127 Å². The first-order chi connectivity index (χ1) is 16.4. The minimum Gasteiger partial charge on any atom is -0.467 e. The molecular formula is C24H23ClN4O5. The second-order valence-corrected chi connectivity index (χ2v) is 8.02. The molecular weight excluding hydrogens is 460 g/mol. The Labute approximate surface area is 199 Å². The summed E-state index contributed by atoms with van der Waals surface area (Å²) in [5.41, 5.74) is 5.30. The largest absolute Gasteiger partial charge is 0.467 e. The first-order valence-corrected chi connectivity index (χ1v) is 11.1. The third-order valence-corrected chi connectivity index (χ3v) is 5.64. The summed E-state index contributed by atoms with van der Waals surface area (Å²) < 4.78 is 12.5. The lowest BCUT2D eigenvalue weighted by molar-refractivity contribution is 0.0957. The fourth-order valence-corrected chi connectivity index (χ4v) is 3.81. The molecule has 176 valence electrons. The number of nitrogen functional groups attached to an aromatic ring is 1. The first-order valence-electron chi connectivity index (χ1n) is 10.7. The van der Waals surface area contributed by atoms with Crippen molar-refractivity contribution in [2.45, 2.75) is 32.9 Å². The molecule has 3 N–H and O–H groups in total. The zero-order valence-electron chi connectivity index (χ0n) is 18.4. The van der Waals surface area contributed by atoms with E-state index in [-0.39, 0.29) is 23.8 Å².